The van der Waals surface area contributed by atoms with Gasteiger partial charge in [0.2, 0.25) is 0 Å². The van der Waals surface area contributed by atoms with Crippen molar-refractivity contribution in [2.75, 3.05) is 19.8 Å². The zero-order chi connectivity index (χ0) is 12.1. The Morgan fingerprint density at radius 3 is 2.88 bits per heavy atom. The van der Waals surface area contributed by atoms with E-state index in [1.165, 1.54) is 12.8 Å². The molecule has 1 saturated carbocycles. The molecule has 94 valence electrons. The molecule has 1 aromatic rings. The average Bonchev–Trinajstić information content (AvgIpc) is 3.12. The van der Waals surface area contributed by atoms with Crippen molar-refractivity contribution in [3.8, 4) is 0 Å². The molecular formula is C14H19ClO2. The van der Waals surface area contributed by atoms with E-state index in [0.29, 0.717) is 6.61 Å². The summed E-state index contributed by atoms with van der Waals surface area (Å²) in [6.07, 6.45) is 3.43. The lowest BCUT2D eigenvalue weighted by Gasteiger charge is -2.14. The lowest BCUT2D eigenvalue weighted by molar-refractivity contribution is 0.0669. The van der Waals surface area contributed by atoms with Crippen LogP contribution in [0.3, 0.4) is 0 Å². The Labute approximate surface area is 108 Å². The molecule has 0 aliphatic heterocycles. The van der Waals surface area contributed by atoms with E-state index in [2.05, 4.69) is 0 Å². The third-order valence-electron chi connectivity index (χ3n) is 3.08. The standard InChI is InChI=1S/C14H19ClO2/c15-14-3-1-2-12(7-14)6-13(8-16)10-17-9-11-4-5-11/h1-3,7,11,13,16H,4-6,8-10H2. The van der Waals surface area contributed by atoms with Crippen molar-refractivity contribution in [1.29, 1.82) is 0 Å². The maximum Gasteiger partial charge on any atom is 0.0519 e. The maximum atomic E-state index is 9.32. The molecule has 1 N–H and O–H groups in total. The molecule has 0 radical (unpaired) electrons. The van der Waals surface area contributed by atoms with Gasteiger partial charge in [-0.2, -0.15) is 0 Å². The Kier molecular flexibility index (Phi) is 4.84. The van der Waals surface area contributed by atoms with Crippen LogP contribution < -0.4 is 0 Å². The Bertz CT molecular complexity index is 350. The van der Waals surface area contributed by atoms with Crippen LogP contribution in [-0.4, -0.2) is 24.9 Å². The number of rotatable bonds is 7. The molecule has 1 unspecified atom stereocenters. The third-order valence-corrected chi connectivity index (χ3v) is 3.31. The predicted molar refractivity (Wildman–Crippen MR) is 69.3 cm³/mol. The summed E-state index contributed by atoms with van der Waals surface area (Å²) in [4.78, 5) is 0. The molecular weight excluding hydrogens is 236 g/mol. The van der Waals surface area contributed by atoms with Crippen LogP contribution in [0.1, 0.15) is 18.4 Å². The fourth-order valence-corrected chi connectivity index (χ4v) is 2.07. The predicted octanol–water partition coefficient (Wildman–Crippen LogP) is 2.92. The molecule has 0 bridgehead atoms. The highest BCUT2D eigenvalue weighted by molar-refractivity contribution is 6.30. The highest BCUT2D eigenvalue weighted by atomic mass is 35.5. The Morgan fingerprint density at radius 2 is 2.24 bits per heavy atom. The van der Waals surface area contributed by atoms with Gasteiger partial charge in [-0.3, -0.25) is 0 Å². The third kappa shape index (κ3) is 4.66. The topological polar surface area (TPSA) is 29.5 Å². The molecule has 3 heteroatoms. The van der Waals surface area contributed by atoms with E-state index >= 15 is 0 Å². The monoisotopic (exact) mass is 254 g/mol. The summed E-state index contributed by atoms with van der Waals surface area (Å²) in [7, 11) is 0. The van der Waals surface area contributed by atoms with Crippen LogP contribution in [0.25, 0.3) is 0 Å². The first-order chi connectivity index (χ1) is 8.28. The van der Waals surface area contributed by atoms with E-state index < -0.39 is 0 Å². The van der Waals surface area contributed by atoms with Gasteiger partial charge in [-0.1, -0.05) is 23.7 Å². The molecule has 1 aliphatic rings. The molecule has 1 atom stereocenters. The minimum absolute atomic E-state index is 0.164. The first-order valence-electron chi connectivity index (χ1n) is 6.21. The van der Waals surface area contributed by atoms with Crippen molar-refractivity contribution in [2.24, 2.45) is 11.8 Å². The lowest BCUT2D eigenvalue weighted by Crippen LogP contribution is -2.17. The summed E-state index contributed by atoms with van der Waals surface area (Å²) in [5.74, 6) is 0.952. The minimum Gasteiger partial charge on any atom is -0.396 e. The zero-order valence-electron chi connectivity index (χ0n) is 9.94. The molecule has 1 aliphatic carbocycles. The molecule has 0 spiro atoms. The maximum absolute atomic E-state index is 9.32. The van der Waals surface area contributed by atoms with Gasteiger partial charge in [0.15, 0.2) is 0 Å². The van der Waals surface area contributed by atoms with Crippen LogP contribution in [0.4, 0.5) is 0 Å². The number of halogens is 1. The fourth-order valence-electron chi connectivity index (χ4n) is 1.86. The van der Waals surface area contributed by atoms with Crippen molar-refractivity contribution < 1.29 is 9.84 Å². The molecule has 2 nitrogen and oxygen atoms in total. The van der Waals surface area contributed by atoms with Gasteiger partial charge in [0.25, 0.3) is 0 Å². The smallest absolute Gasteiger partial charge is 0.0519 e. The summed E-state index contributed by atoms with van der Waals surface area (Å²) in [5.41, 5.74) is 1.16. The number of aliphatic hydroxyl groups is 1. The van der Waals surface area contributed by atoms with Crippen molar-refractivity contribution in [3.63, 3.8) is 0 Å². The molecule has 1 aromatic carbocycles. The Balaban J connectivity index is 1.76. The summed E-state index contributed by atoms with van der Waals surface area (Å²) in [5, 5.41) is 10.1. The second-order valence-electron chi connectivity index (χ2n) is 4.86. The summed E-state index contributed by atoms with van der Waals surface area (Å²) in [6.45, 7) is 1.66. The summed E-state index contributed by atoms with van der Waals surface area (Å²) < 4.78 is 5.62. The van der Waals surface area contributed by atoms with Crippen LogP contribution in [0, 0.1) is 11.8 Å². The van der Waals surface area contributed by atoms with E-state index in [4.69, 9.17) is 16.3 Å². The van der Waals surface area contributed by atoms with Gasteiger partial charge in [-0.15, -0.1) is 0 Å². The van der Waals surface area contributed by atoms with Crippen molar-refractivity contribution in [3.05, 3.63) is 34.9 Å². The number of hydrogen-bond acceptors (Lipinski definition) is 2. The van der Waals surface area contributed by atoms with Crippen molar-refractivity contribution in [1.82, 2.24) is 0 Å². The number of benzene rings is 1. The zero-order valence-corrected chi connectivity index (χ0v) is 10.7. The fraction of sp³-hybridized carbons (Fsp3) is 0.571. The molecule has 0 heterocycles. The van der Waals surface area contributed by atoms with Gasteiger partial charge in [-0.25, -0.2) is 0 Å². The second kappa shape index (κ2) is 6.39. The number of hydrogen-bond donors (Lipinski definition) is 1. The van der Waals surface area contributed by atoms with Crippen molar-refractivity contribution in [2.45, 2.75) is 19.3 Å². The highest BCUT2D eigenvalue weighted by Crippen LogP contribution is 2.29. The normalized spacial score (nSPS) is 17.1. The minimum atomic E-state index is 0.164. The molecule has 0 saturated heterocycles. The number of ether oxygens (including phenoxy) is 1. The van der Waals surface area contributed by atoms with Crippen LogP contribution >= 0.6 is 11.6 Å². The van der Waals surface area contributed by atoms with E-state index in [-0.39, 0.29) is 12.5 Å². The Hall–Kier alpha value is -0.570. The van der Waals surface area contributed by atoms with E-state index in [1.54, 1.807) is 0 Å². The average molecular weight is 255 g/mol. The highest BCUT2D eigenvalue weighted by Gasteiger charge is 2.21. The largest absolute Gasteiger partial charge is 0.396 e. The summed E-state index contributed by atoms with van der Waals surface area (Å²) in [6, 6.07) is 7.79. The van der Waals surface area contributed by atoms with Gasteiger partial charge < -0.3 is 9.84 Å². The van der Waals surface area contributed by atoms with Crippen LogP contribution in [0.2, 0.25) is 5.02 Å². The van der Waals surface area contributed by atoms with Gasteiger partial charge in [-0.05, 0) is 42.9 Å². The summed E-state index contributed by atoms with van der Waals surface area (Å²) >= 11 is 5.93. The molecule has 2 rings (SSSR count). The van der Waals surface area contributed by atoms with Gasteiger partial charge >= 0.3 is 0 Å². The van der Waals surface area contributed by atoms with Gasteiger partial charge in [0, 0.05) is 24.2 Å². The second-order valence-corrected chi connectivity index (χ2v) is 5.30. The van der Waals surface area contributed by atoms with Gasteiger partial charge in [0.1, 0.15) is 0 Å². The van der Waals surface area contributed by atoms with E-state index in [0.717, 1.165) is 29.5 Å². The van der Waals surface area contributed by atoms with Crippen LogP contribution in [-0.2, 0) is 11.2 Å². The van der Waals surface area contributed by atoms with Crippen molar-refractivity contribution >= 4 is 11.6 Å². The van der Waals surface area contributed by atoms with E-state index in [9.17, 15) is 5.11 Å². The lowest BCUT2D eigenvalue weighted by atomic mass is 10.0. The molecule has 17 heavy (non-hydrogen) atoms. The SMILES string of the molecule is OCC(COCC1CC1)Cc1cccc(Cl)c1. The molecule has 0 aromatic heterocycles. The van der Waals surface area contributed by atoms with Gasteiger partial charge in [0.05, 0.1) is 6.61 Å². The quantitative estimate of drug-likeness (QED) is 0.811. The molecule has 1 fully saturated rings. The first kappa shape index (κ1) is 12.9. The van der Waals surface area contributed by atoms with E-state index in [1.807, 2.05) is 24.3 Å². The number of aliphatic hydroxyl groups excluding tert-OH is 1. The first-order valence-corrected chi connectivity index (χ1v) is 6.58. The van der Waals surface area contributed by atoms with Crippen LogP contribution in [0.15, 0.2) is 24.3 Å². The van der Waals surface area contributed by atoms with Crippen LogP contribution in [0.5, 0.6) is 0 Å². The Morgan fingerprint density at radius 1 is 1.41 bits per heavy atom. The molecule has 0 amide bonds.